The van der Waals surface area contributed by atoms with Crippen molar-refractivity contribution in [3.8, 4) is 5.75 Å². The van der Waals surface area contributed by atoms with Crippen LogP contribution in [-0.4, -0.2) is 62.6 Å². The van der Waals surface area contributed by atoms with Gasteiger partial charge in [-0.1, -0.05) is 6.07 Å². The van der Waals surface area contributed by atoms with Crippen molar-refractivity contribution in [2.45, 2.75) is 25.8 Å². The minimum absolute atomic E-state index is 0.137. The first-order valence-electron chi connectivity index (χ1n) is 9.97. The zero-order chi connectivity index (χ0) is 20.1. The number of likely N-dealkylation sites (N-methyl/N-ethyl adjacent to an activating group) is 1. The number of methoxy groups -OCH3 is 1. The minimum atomic E-state index is 0.137. The Morgan fingerprint density at radius 1 is 1.07 bits per heavy atom. The Bertz CT molecular complexity index is 783. The van der Waals surface area contributed by atoms with E-state index in [1.165, 1.54) is 0 Å². The molecule has 1 fully saturated rings. The monoisotopic (exact) mass is 381 g/mol. The van der Waals surface area contributed by atoms with Crippen molar-refractivity contribution in [1.82, 2.24) is 9.80 Å². The van der Waals surface area contributed by atoms with Crippen molar-refractivity contribution in [1.29, 1.82) is 0 Å². The summed E-state index contributed by atoms with van der Waals surface area (Å²) in [6.07, 6.45) is 2.21. The van der Waals surface area contributed by atoms with Gasteiger partial charge >= 0.3 is 0 Å². The van der Waals surface area contributed by atoms with Gasteiger partial charge in [0.05, 0.1) is 7.11 Å². The van der Waals surface area contributed by atoms with Crippen LogP contribution < -0.4 is 9.64 Å². The van der Waals surface area contributed by atoms with Gasteiger partial charge in [-0.15, -0.1) is 0 Å². The van der Waals surface area contributed by atoms with Gasteiger partial charge in [0.2, 0.25) is 0 Å². The third-order valence-electron chi connectivity index (χ3n) is 5.19. The van der Waals surface area contributed by atoms with E-state index in [-0.39, 0.29) is 11.9 Å². The molecule has 0 N–H and O–H groups in total. The molecule has 0 spiro atoms. The molecule has 150 valence electrons. The first kappa shape index (κ1) is 20.2. The van der Waals surface area contributed by atoms with Gasteiger partial charge in [0.15, 0.2) is 0 Å². The Labute approximate surface area is 168 Å². The Kier molecular flexibility index (Phi) is 6.57. The van der Waals surface area contributed by atoms with E-state index in [0.29, 0.717) is 0 Å². The largest absolute Gasteiger partial charge is 0.497 e. The van der Waals surface area contributed by atoms with Crippen LogP contribution in [0.3, 0.4) is 0 Å². The molecule has 2 aromatic carbocycles. The maximum atomic E-state index is 12.7. The first-order chi connectivity index (χ1) is 13.5. The third-order valence-corrected chi connectivity index (χ3v) is 5.19. The van der Waals surface area contributed by atoms with E-state index in [4.69, 9.17) is 4.74 Å². The van der Waals surface area contributed by atoms with E-state index >= 15 is 0 Å². The molecule has 0 radical (unpaired) electrons. The summed E-state index contributed by atoms with van der Waals surface area (Å²) in [5, 5.41) is 0. The Balaban J connectivity index is 1.89. The van der Waals surface area contributed by atoms with Gasteiger partial charge in [-0.3, -0.25) is 4.79 Å². The number of hydrogen-bond donors (Lipinski definition) is 0. The molecular weight excluding hydrogens is 350 g/mol. The molecule has 5 heteroatoms. The third kappa shape index (κ3) is 4.65. The molecule has 1 aliphatic heterocycles. The molecule has 0 bridgehead atoms. The molecule has 5 nitrogen and oxygen atoms in total. The number of ether oxygens (including phenoxy) is 1. The molecule has 28 heavy (non-hydrogen) atoms. The predicted octanol–water partition coefficient (Wildman–Crippen LogP) is 4.02. The number of likely N-dealkylation sites (tertiary alicyclic amines) is 1. The maximum Gasteiger partial charge on any atom is 0.253 e. The second-order valence-corrected chi connectivity index (χ2v) is 7.73. The number of amides is 1. The van der Waals surface area contributed by atoms with Crippen molar-refractivity contribution in [2.75, 3.05) is 45.7 Å². The van der Waals surface area contributed by atoms with Crippen molar-refractivity contribution >= 4 is 17.3 Å². The van der Waals surface area contributed by atoms with Crippen LogP contribution in [-0.2, 0) is 0 Å². The molecule has 1 atom stereocenters. The number of carbonyl (C=O) groups excluding carboxylic acids is 1. The van der Waals surface area contributed by atoms with Crippen LogP contribution in [0.5, 0.6) is 5.75 Å². The smallest absolute Gasteiger partial charge is 0.253 e. The van der Waals surface area contributed by atoms with Crippen LogP contribution in [0.4, 0.5) is 11.4 Å². The number of carbonyl (C=O) groups is 1. The maximum absolute atomic E-state index is 12.7. The molecule has 2 aromatic rings. The van der Waals surface area contributed by atoms with Crippen molar-refractivity contribution < 1.29 is 9.53 Å². The summed E-state index contributed by atoms with van der Waals surface area (Å²) in [5.41, 5.74) is 2.91. The fraction of sp³-hybridized carbons (Fsp3) is 0.435. The van der Waals surface area contributed by atoms with Gasteiger partial charge < -0.3 is 19.4 Å². The van der Waals surface area contributed by atoms with Gasteiger partial charge in [0, 0.05) is 48.7 Å². The number of anilines is 2. The predicted molar refractivity (Wildman–Crippen MR) is 115 cm³/mol. The lowest BCUT2D eigenvalue weighted by atomic mass is 10.1. The zero-order valence-corrected chi connectivity index (χ0v) is 17.4. The second kappa shape index (κ2) is 9.11. The molecule has 0 aromatic heterocycles. The van der Waals surface area contributed by atoms with Gasteiger partial charge in [0.25, 0.3) is 5.91 Å². The van der Waals surface area contributed by atoms with E-state index in [0.717, 1.165) is 55.2 Å². The molecule has 0 saturated carbocycles. The molecule has 1 unspecified atom stereocenters. The minimum Gasteiger partial charge on any atom is -0.497 e. The lowest BCUT2D eigenvalue weighted by Gasteiger charge is -2.33. The van der Waals surface area contributed by atoms with Gasteiger partial charge in [-0.25, -0.2) is 0 Å². The molecular formula is C23H31N3O2. The highest BCUT2D eigenvalue weighted by molar-refractivity contribution is 5.94. The number of nitrogens with zero attached hydrogens (tertiary/aromatic N) is 3. The van der Waals surface area contributed by atoms with Crippen LogP contribution in [0.15, 0.2) is 48.5 Å². The van der Waals surface area contributed by atoms with E-state index < -0.39 is 0 Å². The summed E-state index contributed by atoms with van der Waals surface area (Å²) in [7, 11) is 5.85. The summed E-state index contributed by atoms with van der Waals surface area (Å²) in [4.78, 5) is 19.1. The number of rotatable bonds is 7. The highest BCUT2D eigenvalue weighted by Crippen LogP contribution is 2.31. The number of hydrogen-bond acceptors (Lipinski definition) is 4. The summed E-state index contributed by atoms with van der Waals surface area (Å²) >= 11 is 0. The van der Waals surface area contributed by atoms with E-state index in [1.807, 2.05) is 29.2 Å². The van der Waals surface area contributed by atoms with E-state index in [9.17, 15) is 4.79 Å². The molecule has 1 aliphatic rings. The number of benzene rings is 2. The van der Waals surface area contributed by atoms with E-state index in [2.05, 4.69) is 55.1 Å². The quantitative estimate of drug-likeness (QED) is 0.726. The SMILES string of the molecule is COc1cccc(N(c2ccc(C(=O)N3CCCC3)cc2)C(C)CN(C)C)c1. The molecule has 0 aliphatic carbocycles. The zero-order valence-electron chi connectivity index (χ0n) is 17.4. The van der Waals surface area contributed by atoms with Crippen molar-refractivity contribution in [2.24, 2.45) is 0 Å². The van der Waals surface area contributed by atoms with Crippen LogP contribution in [0.2, 0.25) is 0 Å². The highest BCUT2D eigenvalue weighted by atomic mass is 16.5. The standard InChI is InChI=1S/C23H31N3O2/c1-18(17-24(2)3)26(21-8-7-9-22(16-21)28-4)20-12-10-19(11-13-20)23(27)25-14-5-6-15-25/h7-13,16,18H,5-6,14-15,17H2,1-4H3. The second-order valence-electron chi connectivity index (χ2n) is 7.73. The normalized spacial score (nSPS) is 15.0. The topological polar surface area (TPSA) is 36.0 Å². The summed E-state index contributed by atoms with van der Waals surface area (Å²) in [6.45, 7) is 4.86. The summed E-state index contributed by atoms with van der Waals surface area (Å²) in [6, 6.07) is 16.4. The summed E-state index contributed by atoms with van der Waals surface area (Å²) in [5.74, 6) is 0.971. The Morgan fingerprint density at radius 2 is 1.75 bits per heavy atom. The van der Waals surface area contributed by atoms with Crippen LogP contribution in [0.1, 0.15) is 30.1 Å². The van der Waals surface area contributed by atoms with Crippen LogP contribution in [0.25, 0.3) is 0 Å². The van der Waals surface area contributed by atoms with Gasteiger partial charge in [-0.05, 0) is 70.3 Å². The Morgan fingerprint density at radius 3 is 2.36 bits per heavy atom. The van der Waals surface area contributed by atoms with Crippen molar-refractivity contribution in [3.63, 3.8) is 0 Å². The lowest BCUT2D eigenvalue weighted by molar-refractivity contribution is 0.0793. The van der Waals surface area contributed by atoms with Gasteiger partial charge in [-0.2, -0.15) is 0 Å². The molecule has 1 saturated heterocycles. The lowest BCUT2D eigenvalue weighted by Crippen LogP contribution is -2.37. The van der Waals surface area contributed by atoms with Crippen molar-refractivity contribution in [3.05, 3.63) is 54.1 Å². The highest BCUT2D eigenvalue weighted by Gasteiger charge is 2.21. The van der Waals surface area contributed by atoms with Gasteiger partial charge in [0.1, 0.15) is 5.75 Å². The van der Waals surface area contributed by atoms with Crippen LogP contribution in [0, 0.1) is 0 Å². The van der Waals surface area contributed by atoms with Crippen LogP contribution >= 0.6 is 0 Å². The molecule has 1 amide bonds. The Hall–Kier alpha value is -2.53. The fourth-order valence-electron chi connectivity index (χ4n) is 3.90. The summed E-state index contributed by atoms with van der Waals surface area (Å²) < 4.78 is 5.42. The molecule has 3 rings (SSSR count). The average molecular weight is 382 g/mol. The van der Waals surface area contributed by atoms with E-state index in [1.54, 1.807) is 7.11 Å². The average Bonchev–Trinajstić information content (AvgIpc) is 3.22. The molecule has 1 heterocycles. The first-order valence-corrected chi connectivity index (χ1v) is 9.97. The fourth-order valence-corrected chi connectivity index (χ4v) is 3.90.